The lowest BCUT2D eigenvalue weighted by molar-refractivity contribution is 0.0342. The third-order valence-corrected chi connectivity index (χ3v) is 5.18. The molecule has 2 aromatic rings. The summed E-state index contributed by atoms with van der Waals surface area (Å²) in [4.78, 5) is 6.72. The smallest absolute Gasteiger partial charge is 0.191 e. The van der Waals surface area contributed by atoms with E-state index in [1.807, 2.05) is 13.0 Å². The molecule has 5 nitrogen and oxygen atoms in total. The molecule has 0 radical (unpaired) electrons. The fourth-order valence-corrected chi connectivity index (χ4v) is 3.52. The van der Waals surface area contributed by atoms with E-state index in [-0.39, 0.29) is 5.82 Å². The molecule has 0 spiro atoms. The minimum atomic E-state index is -0.187. The Morgan fingerprint density at radius 3 is 2.66 bits per heavy atom. The number of hydrogen-bond donors (Lipinski definition) is 2. The van der Waals surface area contributed by atoms with Gasteiger partial charge in [-0.05, 0) is 47.7 Å². The van der Waals surface area contributed by atoms with Gasteiger partial charge in [0.2, 0.25) is 0 Å². The molecule has 0 bridgehead atoms. The van der Waals surface area contributed by atoms with E-state index < -0.39 is 0 Å². The van der Waals surface area contributed by atoms with E-state index in [2.05, 4.69) is 44.8 Å². The van der Waals surface area contributed by atoms with E-state index in [9.17, 15) is 4.39 Å². The van der Waals surface area contributed by atoms with E-state index in [4.69, 9.17) is 4.74 Å². The minimum absolute atomic E-state index is 0.187. The van der Waals surface area contributed by atoms with Crippen molar-refractivity contribution in [3.05, 3.63) is 70.5 Å². The first-order valence-electron chi connectivity index (χ1n) is 10.2. The molecular formula is C23H31FN4O. The van der Waals surface area contributed by atoms with Crippen LogP contribution in [0.25, 0.3) is 0 Å². The average molecular weight is 399 g/mol. The molecule has 3 rings (SSSR count). The predicted molar refractivity (Wildman–Crippen MR) is 116 cm³/mol. The maximum atomic E-state index is 13.2. The molecule has 156 valence electrons. The zero-order valence-corrected chi connectivity index (χ0v) is 17.4. The van der Waals surface area contributed by atoms with Crippen LogP contribution >= 0.6 is 0 Å². The van der Waals surface area contributed by atoms with Crippen LogP contribution in [0, 0.1) is 12.7 Å². The molecule has 1 saturated heterocycles. The second-order valence-corrected chi connectivity index (χ2v) is 7.38. The molecule has 0 atom stereocenters. The summed E-state index contributed by atoms with van der Waals surface area (Å²) < 4.78 is 18.6. The van der Waals surface area contributed by atoms with Crippen molar-refractivity contribution in [3.63, 3.8) is 0 Å². The Kier molecular flexibility index (Phi) is 8.02. The minimum Gasteiger partial charge on any atom is -0.379 e. The largest absolute Gasteiger partial charge is 0.379 e. The van der Waals surface area contributed by atoms with Gasteiger partial charge < -0.3 is 15.4 Å². The third kappa shape index (κ3) is 6.84. The fraction of sp³-hybridized carbons (Fsp3) is 0.435. The van der Waals surface area contributed by atoms with Crippen molar-refractivity contribution < 1.29 is 9.13 Å². The Balaban J connectivity index is 1.45. The molecule has 1 aliphatic heterocycles. The van der Waals surface area contributed by atoms with Gasteiger partial charge in [-0.15, -0.1) is 0 Å². The second kappa shape index (κ2) is 10.9. The summed E-state index contributed by atoms with van der Waals surface area (Å²) in [5.41, 5.74) is 4.67. The van der Waals surface area contributed by atoms with Crippen molar-refractivity contribution in [2.24, 2.45) is 4.99 Å². The van der Waals surface area contributed by atoms with E-state index in [0.29, 0.717) is 6.54 Å². The molecule has 2 aromatic carbocycles. The number of morpholine rings is 1. The molecule has 0 aromatic heterocycles. The summed E-state index contributed by atoms with van der Waals surface area (Å²) in [6, 6.07) is 13.6. The summed E-state index contributed by atoms with van der Waals surface area (Å²) in [5, 5.41) is 6.71. The number of rotatable bonds is 7. The van der Waals surface area contributed by atoms with Crippen molar-refractivity contribution in [2.45, 2.75) is 26.4 Å². The van der Waals surface area contributed by atoms with Gasteiger partial charge in [-0.3, -0.25) is 9.89 Å². The van der Waals surface area contributed by atoms with Crippen molar-refractivity contribution in [1.29, 1.82) is 0 Å². The first kappa shape index (κ1) is 21.3. The monoisotopic (exact) mass is 398 g/mol. The molecule has 1 fully saturated rings. The van der Waals surface area contributed by atoms with Crippen molar-refractivity contribution in [3.8, 4) is 0 Å². The van der Waals surface area contributed by atoms with Crippen molar-refractivity contribution >= 4 is 5.96 Å². The van der Waals surface area contributed by atoms with Gasteiger partial charge in [-0.25, -0.2) is 4.39 Å². The number of ether oxygens (including phenoxy) is 1. The quantitative estimate of drug-likeness (QED) is 0.556. The lowest BCUT2D eigenvalue weighted by Crippen LogP contribution is -2.38. The summed E-state index contributed by atoms with van der Waals surface area (Å²) in [5.74, 6) is 0.580. The van der Waals surface area contributed by atoms with Crippen LogP contribution in [0.1, 0.15) is 22.3 Å². The molecule has 0 aliphatic carbocycles. The lowest BCUT2D eigenvalue weighted by atomic mass is 10.1. The van der Waals surface area contributed by atoms with Gasteiger partial charge >= 0.3 is 0 Å². The van der Waals surface area contributed by atoms with Crippen LogP contribution in [-0.4, -0.2) is 50.8 Å². The standard InChI is InChI=1S/C23H31FN4O/c1-18-14-22(24)7-6-21(18)8-9-26-23(25-2)27-16-19-4-3-5-20(15-19)17-28-10-12-29-13-11-28/h3-7,14-15H,8-13,16-17H2,1-2H3,(H2,25,26,27). The van der Waals surface area contributed by atoms with Crippen LogP contribution in [0.4, 0.5) is 4.39 Å². The number of halogens is 1. The van der Waals surface area contributed by atoms with Gasteiger partial charge in [0, 0.05) is 39.8 Å². The summed E-state index contributed by atoms with van der Waals surface area (Å²) in [7, 11) is 1.77. The summed E-state index contributed by atoms with van der Waals surface area (Å²) >= 11 is 0. The predicted octanol–water partition coefficient (Wildman–Crippen LogP) is 2.87. The first-order chi connectivity index (χ1) is 14.1. The number of aryl methyl sites for hydroxylation is 1. The molecule has 6 heteroatoms. The highest BCUT2D eigenvalue weighted by Crippen LogP contribution is 2.11. The number of nitrogens with zero attached hydrogens (tertiary/aromatic N) is 2. The number of guanidine groups is 1. The molecule has 0 unspecified atom stereocenters. The molecule has 0 saturated carbocycles. The second-order valence-electron chi connectivity index (χ2n) is 7.38. The van der Waals surface area contributed by atoms with E-state index in [0.717, 1.165) is 62.9 Å². The van der Waals surface area contributed by atoms with Gasteiger partial charge in [-0.1, -0.05) is 30.3 Å². The highest BCUT2D eigenvalue weighted by Gasteiger charge is 2.10. The van der Waals surface area contributed by atoms with E-state index in [1.165, 1.54) is 17.2 Å². The highest BCUT2D eigenvalue weighted by molar-refractivity contribution is 5.79. The Hall–Kier alpha value is -2.44. The van der Waals surface area contributed by atoms with Gasteiger partial charge in [0.1, 0.15) is 5.82 Å². The normalized spacial score (nSPS) is 15.3. The molecule has 1 heterocycles. The van der Waals surface area contributed by atoms with Gasteiger partial charge in [-0.2, -0.15) is 0 Å². The zero-order valence-electron chi connectivity index (χ0n) is 17.4. The number of hydrogen-bond acceptors (Lipinski definition) is 3. The Bertz CT molecular complexity index is 818. The molecule has 29 heavy (non-hydrogen) atoms. The topological polar surface area (TPSA) is 48.9 Å². The highest BCUT2D eigenvalue weighted by atomic mass is 19.1. The fourth-order valence-electron chi connectivity index (χ4n) is 3.52. The Labute approximate surface area is 173 Å². The summed E-state index contributed by atoms with van der Waals surface area (Å²) in [6.45, 7) is 7.98. The van der Waals surface area contributed by atoms with Crippen LogP contribution < -0.4 is 10.6 Å². The Morgan fingerprint density at radius 1 is 1.10 bits per heavy atom. The Morgan fingerprint density at radius 2 is 1.90 bits per heavy atom. The van der Waals surface area contributed by atoms with E-state index in [1.54, 1.807) is 13.1 Å². The number of aliphatic imine (C=N–C) groups is 1. The van der Waals surface area contributed by atoms with Gasteiger partial charge in [0.15, 0.2) is 5.96 Å². The molecule has 1 aliphatic rings. The van der Waals surface area contributed by atoms with Crippen LogP contribution in [-0.2, 0) is 24.2 Å². The van der Waals surface area contributed by atoms with Gasteiger partial charge in [0.05, 0.1) is 13.2 Å². The van der Waals surface area contributed by atoms with Gasteiger partial charge in [0.25, 0.3) is 0 Å². The maximum absolute atomic E-state index is 13.2. The van der Waals surface area contributed by atoms with Crippen LogP contribution in [0.15, 0.2) is 47.5 Å². The van der Waals surface area contributed by atoms with Crippen LogP contribution in [0.2, 0.25) is 0 Å². The maximum Gasteiger partial charge on any atom is 0.191 e. The summed E-state index contributed by atoms with van der Waals surface area (Å²) in [6.07, 6.45) is 0.821. The molecule has 0 amide bonds. The SMILES string of the molecule is CN=C(NCCc1ccc(F)cc1C)NCc1cccc(CN2CCOCC2)c1. The zero-order chi connectivity index (χ0) is 20.5. The van der Waals surface area contributed by atoms with Crippen LogP contribution in [0.5, 0.6) is 0 Å². The van der Waals surface area contributed by atoms with Crippen LogP contribution in [0.3, 0.4) is 0 Å². The average Bonchev–Trinajstić information content (AvgIpc) is 2.73. The number of benzene rings is 2. The van der Waals surface area contributed by atoms with Crippen molar-refractivity contribution in [1.82, 2.24) is 15.5 Å². The number of nitrogens with one attached hydrogen (secondary N) is 2. The van der Waals surface area contributed by atoms with E-state index >= 15 is 0 Å². The molecular weight excluding hydrogens is 367 g/mol. The third-order valence-electron chi connectivity index (χ3n) is 5.18. The van der Waals surface area contributed by atoms with Crippen molar-refractivity contribution in [2.75, 3.05) is 39.9 Å². The lowest BCUT2D eigenvalue weighted by Gasteiger charge is -2.26. The first-order valence-corrected chi connectivity index (χ1v) is 10.2. The molecule has 2 N–H and O–H groups in total.